The largest absolute Gasteiger partial charge is 0.385 e. The molecule has 1 atom stereocenters. The summed E-state index contributed by atoms with van der Waals surface area (Å²) in [6, 6.07) is 0. The van der Waals surface area contributed by atoms with Crippen LogP contribution in [-0.2, 0) is 10.3 Å². The number of aromatic nitrogens is 1. The maximum Gasteiger partial charge on any atom is 0.112 e. The van der Waals surface area contributed by atoms with Crippen molar-refractivity contribution < 1.29 is 4.74 Å². The maximum atomic E-state index is 5.07. The molecule has 13 heavy (non-hydrogen) atoms. The third-order valence-corrected chi connectivity index (χ3v) is 3.30. The van der Waals surface area contributed by atoms with Gasteiger partial charge in [0.15, 0.2) is 0 Å². The zero-order valence-electron chi connectivity index (χ0n) is 8.33. The zero-order chi connectivity index (χ0) is 9.73. The molecular weight excluding hydrogens is 184 g/mol. The summed E-state index contributed by atoms with van der Waals surface area (Å²) in [5, 5.41) is 6.40. The number of methoxy groups -OCH3 is 1. The standard InChI is InChI=1S/C9H16N2OS/c1-9(10-2,4-6-12-3)8-11-5-7-13-8/h5,7,10H,4,6H2,1-3H3. The van der Waals surface area contributed by atoms with E-state index >= 15 is 0 Å². The zero-order valence-corrected chi connectivity index (χ0v) is 9.15. The van der Waals surface area contributed by atoms with Gasteiger partial charge in [-0.05, 0) is 20.4 Å². The van der Waals surface area contributed by atoms with Crippen LogP contribution in [0, 0.1) is 0 Å². The van der Waals surface area contributed by atoms with Crippen molar-refractivity contribution in [3.05, 3.63) is 16.6 Å². The van der Waals surface area contributed by atoms with E-state index in [-0.39, 0.29) is 5.54 Å². The molecular formula is C9H16N2OS. The summed E-state index contributed by atoms with van der Waals surface area (Å²) in [6.45, 7) is 2.89. The molecule has 0 radical (unpaired) electrons. The van der Waals surface area contributed by atoms with Crippen LogP contribution in [-0.4, -0.2) is 25.7 Å². The minimum absolute atomic E-state index is 0.0514. The van der Waals surface area contributed by atoms with Gasteiger partial charge in [0, 0.05) is 25.3 Å². The highest BCUT2D eigenvalue weighted by Crippen LogP contribution is 2.25. The van der Waals surface area contributed by atoms with Crippen molar-refractivity contribution in [2.24, 2.45) is 0 Å². The lowest BCUT2D eigenvalue weighted by Crippen LogP contribution is -2.37. The molecule has 0 aromatic carbocycles. The molecule has 0 fully saturated rings. The summed E-state index contributed by atoms with van der Waals surface area (Å²) in [6.07, 6.45) is 2.77. The first-order chi connectivity index (χ1) is 6.23. The van der Waals surface area contributed by atoms with Crippen molar-refractivity contribution in [3.8, 4) is 0 Å². The van der Waals surface area contributed by atoms with E-state index in [1.165, 1.54) is 0 Å². The molecule has 0 spiro atoms. The van der Waals surface area contributed by atoms with Crippen LogP contribution < -0.4 is 5.32 Å². The lowest BCUT2D eigenvalue weighted by atomic mass is 10.00. The Hall–Kier alpha value is -0.450. The molecule has 0 aliphatic carbocycles. The van der Waals surface area contributed by atoms with Crippen LogP contribution in [0.25, 0.3) is 0 Å². The smallest absolute Gasteiger partial charge is 0.112 e. The Morgan fingerprint density at radius 2 is 2.46 bits per heavy atom. The SMILES string of the molecule is CNC(C)(CCOC)c1nccs1. The van der Waals surface area contributed by atoms with Crippen LogP contribution in [0.5, 0.6) is 0 Å². The van der Waals surface area contributed by atoms with E-state index in [1.807, 2.05) is 18.6 Å². The van der Waals surface area contributed by atoms with Crippen LogP contribution in [0.1, 0.15) is 18.4 Å². The molecule has 4 heteroatoms. The molecule has 1 aromatic heterocycles. The Balaban J connectivity index is 2.69. The molecule has 0 amide bonds. The molecule has 0 saturated heterocycles. The van der Waals surface area contributed by atoms with Gasteiger partial charge >= 0.3 is 0 Å². The topological polar surface area (TPSA) is 34.1 Å². The number of rotatable bonds is 5. The van der Waals surface area contributed by atoms with Crippen LogP contribution in [0.3, 0.4) is 0 Å². The van der Waals surface area contributed by atoms with Crippen LogP contribution in [0.2, 0.25) is 0 Å². The Labute approximate surface area is 83.1 Å². The monoisotopic (exact) mass is 200 g/mol. The van der Waals surface area contributed by atoms with Crippen molar-refractivity contribution in [2.75, 3.05) is 20.8 Å². The molecule has 0 aliphatic rings. The first-order valence-electron chi connectivity index (χ1n) is 4.31. The lowest BCUT2D eigenvalue weighted by molar-refractivity contribution is 0.162. The first kappa shape index (κ1) is 10.6. The summed E-state index contributed by atoms with van der Waals surface area (Å²) in [5.41, 5.74) is -0.0514. The number of hydrogen-bond acceptors (Lipinski definition) is 4. The van der Waals surface area contributed by atoms with Crippen LogP contribution in [0.15, 0.2) is 11.6 Å². The molecule has 0 saturated carbocycles. The van der Waals surface area contributed by atoms with Gasteiger partial charge in [0.25, 0.3) is 0 Å². The lowest BCUT2D eigenvalue weighted by Gasteiger charge is -2.26. The second-order valence-electron chi connectivity index (χ2n) is 3.16. The second kappa shape index (κ2) is 4.69. The van der Waals surface area contributed by atoms with E-state index in [4.69, 9.17) is 4.74 Å². The molecule has 0 bridgehead atoms. The van der Waals surface area contributed by atoms with Gasteiger partial charge in [-0.2, -0.15) is 0 Å². The minimum Gasteiger partial charge on any atom is -0.385 e. The fraction of sp³-hybridized carbons (Fsp3) is 0.667. The highest BCUT2D eigenvalue weighted by molar-refractivity contribution is 7.09. The second-order valence-corrected chi connectivity index (χ2v) is 4.06. The van der Waals surface area contributed by atoms with Crippen LogP contribution in [0.4, 0.5) is 0 Å². The third-order valence-electron chi connectivity index (χ3n) is 2.26. The van der Waals surface area contributed by atoms with E-state index in [0.717, 1.165) is 18.0 Å². The normalized spacial score (nSPS) is 15.6. The third kappa shape index (κ3) is 2.49. The molecule has 1 unspecified atom stereocenters. The molecule has 0 aliphatic heterocycles. The quantitative estimate of drug-likeness (QED) is 0.784. The van der Waals surface area contributed by atoms with Gasteiger partial charge in [-0.15, -0.1) is 11.3 Å². The number of nitrogens with zero attached hydrogens (tertiary/aromatic N) is 1. The van der Waals surface area contributed by atoms with E-state index in [0.29, 0.717) is 0 Å². The summed E-state index contributed by atoms with van der Waals surface area (Å²) in [5.74, 6) is 0. The number of hydrogen-bond donors (Lipinski definition) is 1. The van der Waals surface area contributed by atoms with Crippen molar-refractivity contribution in [1.29, 1.82) is 0 Å². The van der Waals surface area contributed by atoms with Crippen molar-refractivity contribution >= 4 is 11.3 Å². The van der Waals surface area contributed by atoms with E-state index in [2.05, 4.69) is 17.2 Å². The number of nitrogens with one attached hydrogen (secondary N) is 1. The first-order valence-corrected chi connectivity index (χ1v) is 5.19. The minimum atomic E-state index is -0.0514. The van der Waals surface area contributed by atoms with Gasteiger partial charge in [0.05, 0.1) is 5.54 Å². The van der Waals surface area contributed by atoms with Gasteiger partial charge in [0.2, 0.25) is 0 Å². The summed E-state index contributed by atoms with van der Waals surface area (Å²) >= 11 is 1.68. The van der Waals surface area contributed by atoms with Gasteiger partial charge in [-0.25, -0.2) is 4.98 Å². The molecule has 1 heterocycles. The number of thiazole rings is 1. The van der Waals surface area contributed by atoms with Gasteiger partial charge in [-0.3, -0.25) is 0 Å². The Bertz CT molecular complexity index is 238. The van der Waals surface area contributed by atoms with E-state index in [1.54, 1.807) is 18.4 Å². The molecule has 74 valence electrons. The van der Waals surface area contributed by atoms with E-state index in [9.17, 15) is 0 Å². The molecule has 1 rings (SSSR count). The predicted molar refractivity (Wildman–Crippen MR) is 55.0 cm³/mol. The Morgan fingerprint density at radius 1 is 1.69 bits per heavy atom. The summed E-state index contributed by atoms with van der Waals surface area (Å²) in [7, 11) is 3.68. The fourth-order valence-electron chi connectivity index (χ4n) is 1.14. The molecule has 1 aromatic rings. The average Bonchev–Trinajstić information content (AvgIpc) is 2.67. The molecule has 1 N–H and O–H groups in total. The average molecular weight is 200 g/mol. The summed E-state index contributed by atoms with van der Waals surface area (Å²) < 4.78 is 5.07. The van der Waals surface area contributed by atoms with Gasteiger partial charge in [-0.1, -0.05) is 0 Å². The highest BCUT2D eigenvalue weighted by atomic mass is 32.1. The summed E-state index contributed by atoms with van der Waals surface area (Å²) in [4.78, 5) is 4.31. The highest BCUT2D eigenvalue weighted by Gasteiger charge is 2.26. The Kier molecular flexibility index (Phi) is 3.84. The van der Waals surface area contributed by atoms with Crippen molar-refractivity contribution in [3.63, 3.8) is 0 Å². The fourth-order valence-corrected chi connectivity index (χ4v) is 1.98. The molecule has 3 nitrogen and oxygen atoms in total. The number of ether oxygens (including phenoxy) is 1. The van der Waals surface area contributed by atoms with Gasteiger partial charge in [0.1, 0.15) is 5.01 Å². The van der Waals surface area contributed by atoms with Crippen LogP contribution >= 0.6 is 11.3 Å². The Morgan fingerprint density at radius 3 is 2.92 bits per heavy atom. The van der Waals surface area contributed by atoms with Gasteiger partial charge < -0.3 is 10.1 Å². The van der Waals surface area contributed by atoms with E-state index < -0.39 is 0 Å². The van der Waals surface area contributed by atoms with Crippen molar-refractivity contribution in [2.45, 2.75) is 18.9 Å². The maximum absolute atomic E-state index is 5.07. The van der Waals surface area contributed by atoms with Crippen molar-refractivity contribution in [1.82, 2.24) is 10.3 Å². The predicted octanol–water partition coefficient (Wildman–Crippen LogP) is 1.61.